The summed E-state index contributed by atoms with van der Waals surface area (Å²) in [5.74, 6) is 3.25. The normalized spacial score (nSPS) is 26.8. The average molecular weight is 348 g/mol. The minimum atomic E-state index is 0.693. The first kappa shape index (κ1) is 18.6. The maximum absolute atomic E-state index is 5.22. The quantitative estimate of drug-likeness (QED) is 0.722. The number of aromatic nitrogens is 1. The Balaban J connectivity index is 1.54. The first-order valence-electron chi connectivity index (χ1n) is 9.58. The van der Waals surface area contributed by atoms with Gasteiger partial charge in [-0.05, 0) is 43.2 Å². The smallest absolute Gasteiger partial charge is 0.212 e. The molecule has 1 aliphatic heterocycles. The number of nitrogens with zero attached hydrogens (tertiary/aromatic N) is 3. The van der Waals surface area contributed by atoms with Crippen LogP contribution < -0.4 is 4.74 Å². The van der Waals surface area contributed by atoms with Gasteiger partial charge in [-0.25, -0.2) is 4.98 Å². The highest BCUT2D eigenvalue weighted by atomic mass is 16.5. The minimum Gasteiger partial charge on any atom is -0.481 e. The molecular formula is C20H33N3O2. The van der Waals surface area contributed by atoms with E-state index in [9.17, 15) is 0 Å². The lowest BCUT2D eigenvalue weighted by atomic mass is 9.74. The lowest BCUT2D eigenvalue weighted by molar-refractivity contribution is 0.117. The molecule has 0 amide bonds. The molecular weight excluding hydrogens is 314 g/mol. The second-order valence-corrected chi connectivity index (χ2v) is 7.77. The minimum absolute atomic E-state index is 0.693. The summed E-state index contributed by atoms with van der Waals surface area (Å²) in [6.07, 6.45) is 6.13. The fraction of sp³-hybridized carbons (Fsp3) is 0.750. The molecule has 0 bridgehead atoms. The summed E-state index contributed by atoms with van der Waals surface area (Å²) < 4.78 is 10.4. The van der Waals surface area contributed by atoms with Crippen LogP contribution in [0.4, 0.5) is 0 Å². The molecule has 0 N–H and O–H groups in total. The van der Waals surface area contributed by atoms with Crippen molar-refractivity contribution in [2.75, 3.05) is 54.1 Å². The lowest BCUT2D eigenvalue weighted by Crippen LogP contribution is -2.37. The highest BCUT2D eigenvalue weighted by Gasteiger charge is 2.40. The summed E-state index contributed by atoms with van der Waals surface area (Å²) in [5, 5.41) is 0. The van der Waals surface area contributed by atoms with Gasteiger partial charge in [-0.1, -0.05) is 12.5 Å². The van der Waals surface area contributed by atoms with Crippen molar-refractivity contribution in [3.63, 3.8) is 0 Å². The van der Waals surface area contributed by atoms with E-state index in [0.29, 0.717) is 5.88 Å². The van der Waals surface area contributed by atoms with Crippen LogP contribution in [0.5, 0.6) is 5.88 Å². The SMILES string of the molecule is COCCN(C)C[C@@H]1CCC[C@@H]2CN(Cc3ccc(OC)nc3)C[C@@H]21. The predicted molar refractivity (Wildman–Crippen MR) is 99.8 cm³/mol. The maximum Gasteiger partial charge on any atom is 0.212 e. The molecule has 1 aromatic heterocycles. The third kappa shape index (κ3) is 4.93. The Morgan fingerprint density at radius 2 is 2.12 bits per heavy atom. The van der Waals surface area contributed by atoms with Gasteiger partial charge >= 0.3 is 0 Å². The Labute approximate surface area is 152 Å². The number of pyridine rings is 1. The van der Waals surface area contributed by atoms with Crippen molar-refractivity contribution < 1.29 is 9.47 Å². The van der Waals surface area contributed by atoms with E-state index in [4.69, 9.17) is 9.47 Å². The number of likely N-dealkylation sites (N-methyl/N-ethyl adjacent to an activating group) is 1. The van der Waals surface area contributed by atoms with Gasteiger partial charge in [0.05, 0.1) is 13.7 Å². The monoisotopic (exact) mass is 347 g/mol. The molecule has 1 saturated heterocycles. The molecule has 2 aliphatic rings. The maximum atomic E-state index is 5.22. The number of likely N-dealkylation sites (tertiary alicyclic amines) is 1. The molecule has 0 spiro atoms. The number of fused-ring (bicyclic) bond motifs is 1. The van der Waals surface area contributed by atoms with E-state index in [-0.39, 0.29) is 0 Å². The number of hydrogen-bond acceptors (Lipinski definition) is 5. The van der Waals surface area contributed by atoms with Gasteiger partial charge in [-0.15, -0.1) is 0 Å². The van der Waals surface area contributed by atoms with Crippen LogP contribution in [0.25, 0.3) is 0 Å². The van der Waals surface area contributed by atoms with Gasteiger partial charge in [-0.3, -0.25) is 4.90 Å². The zero-order valence-corrected chi connectivity index (χ0v) is 16.0. The fourth-order valence-corrected chi connectivity index (χ4v) is 4.66. The second kappa shape index (κ2) is 8.97. The highest BCUT2D eigenvalue weighted by Crippen LogP contribution is 2.40. The van der Waals surface area contributed by atoms with Crippen LogP contribution in [-0.4, -0.2) is 68.8 Å². The van der Waals surface area contributed by atoms with Crippen molar-refractivity contribution in [2.24, 2.45) is 17.8 Å². The Bertz CT molecular complexity index is 522. The van der Waals surface area contributed by atoms with Crippen LogP contribution in [0.2, 0.25) is 0 Å². The molecule has 25 heavy (non-hydrogen) atoms. The lowest BCUT2D eigenvalue weighted by Gasteiger charge is -2.35. The molecule has 2 heterocycles. The Morgan fingerprint density at radius 1 is 1.24 bits per heavy atom. The van der Waals surface area contributed by atoms with Gasteiger partial charge in [0.25, 0.3) is 0 Å². The van der Waals surface area contributed by atoms with Crippen molar-refractivity contribution in [3.8, 4) is 5.88 Å². The number of rotatable bonds is 8. The Hall–Kier alpha value is -1.17. The molecule has 2 fully saturated rings. The van der Waals surface area contributed by atoms with Crippen LogP contribution in [0.3, 0.4) is 0 Å². The topological polar surface area (TPSA) is 37.8 Å². The summed E-state index contributed by atoms with van der Waals surface area (Å²) in [4.78, 5) is 9.43. The van der Waals surface area contributed by atoms with Crippen LogP contribution in [-0.2, 0) is 11.3 Å². The molecule has 1 aliphatic carbocycles. The van der Waals surface area contributed by atoms with E-state index >= 15 is 0 Å². The number of hydrogen-bond donors (Lipinski definition) is 0. The number of ether oxygens (including phenoxy) is 2. The van der Waals surface area contributed by atoms with E-state index < -0.39 is 0 Å². The molecule has 1 saturated carbocycles. The summed E-state index contributed by atoms with van der Waals surface area (Å²) in [7, 11) is 5.68. The van der Waals surface area contributed by atoms with Crippen molar-refractivity contribution >= 4 is 0 Å². The summed E-state index contributed by atoms with van der Waals surface area (Å²) in [5.41, 5.74) is 1.29. The average Bonchev–Trinajstić information content (AvgIpc) is 3.04. The number of methoxy groups -OCH3 is 2. The summed E-state index contributed by atoms with van der Waals surface area (Å²) in [6, 6.07) is 4.11. The zero-order chi connectivity index (χ0) is 17.6. The summed E-state index contributed by atoms with van der Waals surface area (Å²) >= 11 is 0. The molecule has 0 radical (unpaired) electrons. The van der Waals surface area contributed by atoms with Crippen molar-refractivity contribution in [2.45, 2.75) is 25.8 Å². The third-order valence-corrected chi connectivity index (χ3v) is 5.96. The largest absolute Gasteiger partial charge is 0.481 e. The van der Waals surface area contributed by atoms with Crippen LogP contribution in [0.1, 0.15) is 24.8 Å². The summed E-state index contributed by atoms with van der Waals surface area (Å²) in [6.45, 7) is 6.56. The van der Waals surface area contributed by atoms with Gasteiger partial charge in [-0.2, -0.15) is 0 Å². The van der Waals surface area contributed by atoms with Crippen LogP contribution >= 0.6 is 0 Å². The molecule has 5 nitrogen and oxygen atoms in total. The predicted octanol–water partition coefficient (Wildman–Crippen LogP) is 2.52. The van der Waals surface area contributed by atoms with Gasteiger partial charge < -0.3 is 14.4 Å². The first-order valence-corrected chi connectivity index (χ1v) is 9.58. The van der Waals surface area contributed by atoms with Gasteiger partial charge in [0.2, 0.25) is 5.88 Å². The van der Waals surface area contributed by atoms with Gasteiger partial charge in [0.1, 0.15) is 0 Å². The van der Waals surface area contributed by atoms with Gasteiger partial charge in [0, 0.05) is 52.1 Å². The van der Waals surface area contributed by atoms with Crippen LogP contribution in [0, 0.1) is 17.8 Å². The molecule has 5 heteroatoms. The molecule has 0 aromatic carbocycles. The van der Waals surface area contributed by atoms with E-state index in [1.807, 2.05) is 12.3 Å². The molecule has 3 atom stereocenters. The van der Waals surface area contributed by atoms with E-state index in [0.717, 1.165) is 37.5 Å². The third-order valence-electron chi connectivity index (χ3n) is 5.96. The molecule has 3 rings (SSSR count). The van der Waals surface area contributed by atoms with E-state index in [1.165, 1.54) is 44.5 Å². The molecule has 140 valence electrons. The fourth-order valence-electron chi connectivity index (χ4n) is 4.66. The van der Waals surface area contributed by atoms with Crippen molar-refractivity contribution in [3.05, 3.63) is 23.9 Å². The van der Waals surface area contributed by atoms with Crippen molar-refractivity contribution in [1.82, 2.24) is 14.8 Å². The molecule has 1 aromatic rings. The van der Waals surface area contributed by atoms with Crippen LogP contribution in [0.15, 0.2) is 18.3 Å². The Morgan fingerprint density at radius 3 is 2.84 bits per heavy atom. The van der Waals surface area contributed by atoms with Gasteiger partial charge in [0.15, 0.2) is 0 Å². The molecule has 0 unspecified atom stereocenters. The van der Waals surface area contributed by atoms with E-state index in [2.05, 4.69) is 27.9 Å². The standard InChI is InChI=1S/C20H33N3O2/c1-22(9-10-24-2)13-17-5-4-6-18-14-23(15-19(17)18)12-16-7-8-20(25-3)21-11-16/h7-8,11,17-19H,4-6,9-10,12-15H2,1-3H3/t17-,18+,19+/m0/s1. The Kier molecular flexibility index (Phi) is 6.68. The zero-order valence-electron chi connectivity index (χ0n) is 16.0. The van der Waals surface area contributed by atoms with Crippen molar-refractivity contribution in [1.29, 1.82) is 0 Å². The second-order valence-electron chi connectivity index (χ2n) is 7.77. The highest BCUT2D eigenvalue weighted by molar-refractivity contribution is 5.17. The first-order chi connectivity index (χ1) is 12.2. The van der Waals surface area contributed by atoms with E-state index in [1.54, 1.807) is 14.2 Å².